The van der Waals surface area contributed by atoms with Crippen LogP contribution < -0.4 is 0 Å². The monoisotopic (exact) mass is 380 g/mol. The summed E-state index contributed by atoms with van der Waals surface area (Å²) in [6.45, 7) is 4.48. The molecule has 0 nitrogen and oxygen atoms in total. The summed E-state index contributed by atoms with van der Waals surface area (Å²) >= 11 is 0. The van der Waals surface area contributed by atoms with Gasteiger partial charge in [0.15, 0.2) is 0 Å². The minimum Gasteiger partial charge on any atom is -0.358 e. The molecule has 0 fully saturated rings. The van der Waals surface area contributed by atoms with Crippen molar-refractivity contribution in [3.8, 4) is 0 Å². The zero-order valence-corrected chi connectivity index (χ0v) is 14.3. The molecule has 0 aliphatic heterocycles. The van der Waals surface area contributed by atoms with Gasteiger partial charge in [-0.25, -0.2) is 23.3 Å². The third-order valence-electron chi connectivity index (χ3n) is 2.74. The van der Waals surface area contributed by atoms with Gasteiger partial charge in [-0.1, -0.05) is 19.3 Å². The average Bonchev–Trinajstić information content (AvgIpc) is 2.78. The maximum absolute atomic E-state index is 3.38. The predicted molar refractivity (Wildman–Crippen MR) is 67.6 cm³/mol. The Morgan fingerprint density at radius 3 is 1.56 bits per heavy atom. The minimum atomic E-state index is 0. The molecule has 1 heteroatoms. The molecule has 2 aliphatic rings. The molecule has 2 rings (SSSR count). The molecule has 0 unspecified atom stereocenters. The summed E-state index contributed by atoms with van der Waals surface area (Å²) in [5.74, 6) is 0. The van der Waals surface area contributed by atoms with Gasteiger partial charge < -0.3 is 14.9 Å². The van der Waals surface area contributed by atoms with Gasteiger partial charge in [0.1, 0.15) is 0 Å². The topological polar surface area (TPSA) is 0 Å². The number of hydrogen-bond donors (Lipinski definition) is 0. The zero-order chi connectivity index (χ0) is 9.31. The van der Waals surface area contributed by atoms with Crippen molar-refractivity contribution in [2.75, 3.05) is 0 Å². The summed E-state index contributed by atoms with van der Waals surface area (Å²) in [5.41, 5.74) is 2.71. The zero-order valence-electron chi connectivity index (χ0n) is 10.7. The van der Waals surface area contributed by atoms with E-state index in [0.717, 1.165) is 12.8 Å². The Kier molecular flexibility index (Phi) is 8.21. The first-order valence-electron chi connectivity index (χ1n) is 4.77. The number of hydrogen-bond acceptors (Lipinski definition) is 0. The van der Waals surface area contributed by atoms with Crippen LogP contribution in [0, 0.1) is 32.4 Å². The molecule has 0 radical (unpaired) electrons. The van der Waals surface area contributed by atoms with Crippen LogP contribution in [-0.2, 0) is 25.8 Å². The Morgan fingerprint density at radius 1 is 0.938 bits per heavy atom. The second kappa shape index (κ2) is 7.21. The van der Waals surface area contributed by atoms with Gasteiger partial charge in [-0.05, 0) is 0 Å². The minimum absolute atomic E-state index is 0. The van der Waals surface area contributed by atoms with Crippen LogP contribution >= 0.6 is 0 Å². The molecule has 2 aliphatic carbocycles. The number of rotatable bonds is 2. The molecule has 0 amide bonds. The smallest absolute Gasteiger partial charge is 0.358 e. The van der Waals surface area contributed by atoms with Crippen LogP contribution in [0.1, 0.15) is 26.7 Å². The Morgan fingerprint density at radius 2 is 1.31 bits per heavy atom. The van der Waals surface area contributed by atoms with Crippen LogP contribution in [0.4, 0.5) is 0 Å². The van der Waals surface area contributed by atoms with Crippen molar-refractivity contribution in [2.45, 2.75) is 26.7 Å². The summed E-state index contributed by atoms with van der Waals surface area (Å²) in [6, 6.07) is 0. The molecular weight excluding hydrogens is 359 g/mol. The molecule has 0 atom stereocenters. The molecule has 0 aromatic heterocycles. The van der Waals surface area contributed by atoms with Crippen molar-refractivity contribution in [3.63, 3.8) is 0 Å². The summed E-state index contributed by atoms with van der Waals surface area (Å²) < 4.78 is 0. The standard InChI is InChI=1S/C13H14.2CH3.Hf/c1-13(2,11-7-3-4-8-11)12-9-5-6-10-12;;;/h3,5,7,9H,4,6H2,1-2H3;2*1H3;/q-2;2*-1;+4. The van der Waals surface area contributed by atoms with Crippen LogP contribution in [0.3, 0.4) is 0 Å². The van der Waals surface area contributed by atoms with E-state index in [1.807, 2.05) is 0 Å². The second-order valence-corrected chi connectivity index (χ2v) is 4.02. The maximum Gasteiger partial charge on any atom is 4.00 e. The van der Waals surface area contributed by atoms with E-state index in [2.05, 4.69) is 50.3 Å². The Bertz CT molecular complexity index is 295. The molecule has 0 saturated carbocycles. The van der Waals surface area contributed by atoms with Crippen LogP contribution in [0.5, 0.6) is 0 Å². The fourth-order valence-electron chi connectivity index (χ4n) is 1.81. The van der Waals surface area contributed by atoms with E-state index in [9.17, 15) is 0 Å². The van der Waals surface area contributed by atoms with Gasteiger partial charge in [0, 0.05) is 0 Å². The van der Waals surface area contributed by atoms with Gasteiger partial charge in [0.25, 0.3) is 0 Å². The maximum atomic E-state index is 3.38. The van der Waals surface area contributed by atoms with Crippen molar-refractivity contribution >= 4 is 0 Å². The Balaban J connectivity index is 0. The van der Waals surface area contributed by atoms with E-state index in [1.54, 1.807) is 0 Å². The number of allylic oxidation sites excluding steroid dienone is 8. The molecule has 0 saturated heterocycles. The molecule has 0 bridgehead atoms. The Hall–Kier alpha value is -0.170. The van der Waals surface area contributed by atoms with Crippen LogP contribution in [0.15, 0.2) is 35.5 Å². The third-order valence-corrected chi connectivity index (χ3v) is 2.74. The fourth-order valence-corrected chi connectivity index (χ4v) is 1.81. The summed E-state index contributed by atoms with van der Waals surface area (Å²) in [6.07, 6.45) is 17.4. The first-order valence-corrected chi connectivity index (χ1v) is 4.77. The molecule has 0 aromatic carbocycles. The fraction of sp³-hybridized carbons (Fsp3) is 0.333. The molecule has 84 valence electrons. The van der Waals surface area contributed by atoms with Gasteiger partial charge in [0.05, 0.1) is 0 Å². The van der Waals surface area contributed by atoms with E-state index in [4.69, 9.17) is 0 Å². The van der Waals surface area contributed by atoms with Crippen molar-refractivity contribution in [1.82, 2.24) is 0 Å². The van der Waals surface area contributed by atoms with Crippen molar-refractivity contribution in [1.29, 1.82) is 0 Å². The molecule has 16 heavy (non-hydrogen) atoms. The molecule has 0 aromatic rings. The van der Waals surface area contributed by atoms with E-state index in [1.165, 1.54) is 11.1 Å². The quantitative estimate of drug-likeness (QED) is 0.497. The van der Waals surface area contributed by atoms with E-state index in [0.29, 0.717) is 0 Å². The molecule has 0 N–H and O–H groups in total. The van der Waals surface area contributed by atoms with E-state index < -0.39 is 0 Å². The predicted octanol–water partition coefficient (Wildman–Crippen LogP) is 4.29. The molecule has 0 spiro atoms. The first-order chi connectivity index (χ1) is 6.21. The molecule has 0 heterocycles. The Labute approximate surface area is 120 Å². The third kappa shape index (κ3) is 3.41. The van der Waals surface area contributed by atoms with Crippen molar-refractivity contribution < 1.29 is 25.8 Å². The van der Waals surface area contributed by atoms with Crippen LogP contribution in [-0.4, -0.2) is 0 Å². The summed E-state index contributed by atoms with van der Waals surface area (Å²) in [4.78, 5) is 0. The van der Waals surface area contributed by atoms with Crippen LogP contribution in [0.2, 0.25) is 0 Å². The van der Waals surface area contributed by atoms with Crippen LogP contribution in [0.25, 0.3) is 0 Å². The first kappa shape index (κ1) is 18.2. The molecular formula is C15H20Hf. The van der Waals surface area contributed by atoms with Gasteiger partial charge in [-0.3, -0.25) is 12.2 Å². The van der Waals surface area contributed by atoms with Gasteiger partial charge >= 0.3 is 25.8 Å². The van der Waals surface area contributed by atoms with Gasteiger partial charge in [-0.2, -0.15) is 12.2 Å². The normalized spacial score (nSPS) is 16.9. The largest absolute Gasteiger partial charge is 4.00 e. The summed E-state index contributed by atoms with van der Waals surface area (Å²) in [7, 11) is 0. The van der Waals surface area contributed by atoms with Gasteiger partial charge in [-0.15, -0.1) is 12.8 Å². The van der Waals surface area contributed by atoms with Crippen molar-refractivity contribution in [3.05, 3.63) is 62.5 Å². The van der Waals surface area contributed by atoms with E-state index in [-0.39, 0.29) is 46.1 Å². The summed E-state index contributed by atoms with van der Waals surface area (Å²) in [5, 5.41) is 0. The SMILES string of the molecule is CC(C)(C1=[C-]CC=C1)C1=[C-]CC=C1.[CH3-].[CH3-].[Hf+4]. The van der Waals surface area contributed by atoms with E-state index >= 15 is 0 Å². The second-order valence-electron chi connectivity index (χ2n) is 4.02. The van der Waals surface area contributed by atoms with Gasteiger partial charge in [0.2, 0.25) is 0 Å². The average molecular weight is 379 g/mol. The van der Waals surface area contributed by atoms with Crippen molar-refractivity contribution in [2.24, 2.45) is 5.41 Å².